The lowest BCUT2D eigenvalue weighted by molar-refractivity contribution is 0.0408. The Balaban J connectivity index is 2.05. The van der Waals surface area contributed by atoms with Gasteiger partial charge < -0.3 is 15.2 Å². The van der Waals surface area contributed by atoms with Crippen LogP contribution in [0.1, 0.15) is 19.3 Å². The van der Waals surface area contributed by atoms with Crippen LogP contribution < -0.4 is 5.32 Å². The van der Waals surface area contributed by atoms with Crippen molar-refractivity contribution in [3.05, 3.63) is 0 Å². The highest BCUT2D eigenvalue weighted by Crippen LogP contribution is 2.17. The van der Waals surface area contributed by atoms with Gasteiger partial charge in [-0.15, -0.1) is 0 Å². The molecule has 1 aliphatic carbocycles. The number of amides is 1. The van der Waals surface area contributed by atoms with E-state index in [9.17, 15) is 4.79 Å². The molecule has 1 saturated carbocycles. The third kappa shape index (κ3) is 1.88. The molecule has 10 heavy (non-hydrogen) atoms. The quantitative estimate of drug-likeness (QED) is 0.546. The minimum atomic E-state index is -0.543. The second-order valence-electron chi connectivity index (χ2n) is 2.33. The van der Waals surface area contributed by atoms with Crippen LogP contribution in [0.4, 0.5) is 4.79 Å². The van der Waals surface area contributed by atoms with Gasteiger partial charge in [0.25, 0.3) is 0 Å². The molecule has 0 unspecified atom stereocenters. The Morgan fingerprint density at radius 1 is 1.70 bits per heavy atom. The first-order valence-electron chi connectivity index (χ1n) is 3.37. The highest BCUT2D eigenvalue weighted by molar-refractivity contribution is 5.67. The van der Waals surface area contributed by atoms with Crippen LogP contribution >= 0.6 is 0 Å². The van der Waals surface area contributed by atoms with E-state index in [1.807, 2.05) is 0 Å². The molecule has 0 bridgehead atoms. The van der Waals surface area contributed by atoms with E-state index in [0.29, 0.717) is 0 Å². The molecule has 0 heterocycles. The van der Waals surface area contributed by atoms with Gasteiger partial charge in [0.2, 0.25) is 0 Å². The monoisotopic (exact) mass is 145 g/mol. The van der Waals surface area contributed by atoms with E-state index in [-0.39, 0.29) is 6.04 Å². The second-order valence-corrected chi connectivity index (χ2v) is 2.33. The lowest BCUT2D eigenvalue weighted by atomic mass is 9.93. The zero-order chi connectivity index (χ0) is 7.40. The molecule has 58 valence electrons. The fraction of sp³-hybridized carbons (Fsp3) is 0.833. The number of hydrogen-bond donors (Lipinski definition) is 2. The van der Waals surface area contributed by atoms with Crippen molar-refractivity contribution >= 4 is 6.09 Å². The summed E-state index contributed by atoms with van der Waals surface area (Å²) in [5, 5.41) is 10.8. The van der Waals surface area contributed by atoms with Gasteiger partial charge in [0.05, 0.1) is 0 Å². The molecule has 0 radical (unpaired) electrons. The van der Waals surface area contributed by atoms with Crippen molar-refractivity contribution < 1.29 is 14.6 Å². The Kier molecular flexibility index (Phi) is 2.50. The third-order valence-corrected chi connectivity index (χ3v) is 1.62. The Morgan fingerprint density at radius 2 is 2.40 bits per heavy atom. The van der Waals surface area contributed by atoms with E-state index in [4.69, 9.17) is 5.11 Å². The zero-order valence-electron chi connectivity index (χ0n) is 5.67. The van der Waals surface area contributed by atoms with Crippen LogP contribution in [0.3, 0.4) is 0 Å². The van der Waals surface area contributed by atoms with Gasteiger partial charge in [-0.1, -0.05) is 0 Å². The van der Waals surface area contributed by atoms with Crippen LogP contribution in [-0.2, 0) is 4.74 Å². The van der Waals surface area contributed by atoms with Crippen LogP contribution in [0.2, 0.25) is 0 Å². The number of aliphatic hydroxyl groups is 1. The van der Waals surface area contributed by atoms with Crippen LogP contribution in [-0.4, -0.2) is 24.0 Å². The number of aliphatic hydroxyl groups excluding tert-OH is 1. The first-order valence-corrected chi connectivity index (χ1v) is 3.37. The summed E-state index contributed by atoms with van der Waals surface area (Å²) in [6, 6.07) is 0.277. The van der Waals surface area contributed by atoms with Gasteiger partial charge in [0, 0.05) is 6.04 Å². The number of nitrogens with one attached hydrogen (secondary N) is 1. The van der Waals surface area contributed by atoms with Gasteiger partial charge in [0.15, 0.2) is 6.79 Å². The average Bonchev–Trinajstić information content (AvgIpc) is 1.80. The maximum Gasteiger partial charge on any atom is 0.409 e. The zero-order valence-corrected chi connectivity index (χ0v) is 5.67. The van der Waals surface area contributed by atoms with Crippen LogP contribution in [0.5, 0.6) is 0 Å². The van der Waals surface area contributed by atoms with Crippen LogP contribution in [0, 0.1) is 0 Å². The molecule has 0 saturated heterocycles. The molecule has 1 rings (SSSR count). The van der Waals surface area contributed by atoms with Gasteiger partial charge in [0.1, 0.15) is 0 Å². The van der Waals surface area contributed by atoms with Crippen molar-refractivity contribution in [1.82, 2.24) is 5.32 Å². The predicted molar refractivity (Wildman–Crippen MR) is 34.3 cm³/mol. The molecule has 1 aliphatic rings. The summed E-state index contributed by atoms with van der Waals surface area (Å²) in [6.45, 7) is -0.543. The highest BCUT2D eigenvalue weighted by Gasteiger charge is 2.19. The van der Waals surface area contributed by atoms with Crippen molar-refractivity contribution in [2.24, 2.45) is 0 Å². The second kappa shape index (κ2) is 3.41. The van der Waals surface area contributed by atoms with Crippen molar-refractivity contribution in [1.29, 1.82) is 0 Å². The third-order valence-electron chi connectivity index (χ3n) is 1.62. The van der Waals surface area contributed by atoms with Crippen molar-refractivity contribution in [2.45, 2.75) is 25.3 Å². The number of rotatable bonds is 2. The van der Waals surface area contributed by atoms with E-state index in [1.54, 1.807) is 0 Å². The average molecular weight is 145 g/mol. The molecule has 0 aliphatic heterocycles. The summed E-state index contributed by atoms with van der Waals surface area (Å²) in [4.78, 5) is 10.6. The summed E-state index contributed by atoms with van der Waals surface area (Å²) < 4.78 is 4.25. The van der Waals surface area contributed by atoms with E-state index in [0.717, 1.165) is 12.8 Å². The summed E-state index contributed by atoms with van der Waals surface area (Å²) in [6.07, 6.45) is 2.71. The Labute approximate surface area is 59.2 Å². The lowest BCUT2D eigenvalue weighted by Gasteiger charge is -2.25. The van der Waals surface area contributed by atoms with Crippen molar-refractivity contribution in [3.8, 4) is 0 Å². The summed E-state index contributed by atoms with van der Waals surface area (Å²) in [7, 11) is 0. The van der Waals surface area contributed by atoms with Crippen molar-refractivity contribution in [2.75, 3.05) is 6.79 Å². The molecule has 2 N–H and O–H groups in total. The number of hydrogen-bond acceptors (Lipinski definition) is 3. The topological polar surface area (TPSA) is 58.6 Å². The Bertz CT molecular complexity index is 122. The number of carbonyl (C=O) groups excluding carboxylic acids is 1. The SMILES string of the molecule is O=C(NC1CCC1)OCO. The van der Waals surface area contributed by atoms with E-state index in [1.165, 1.54) is 6.42 Å². The van der Waals surface area contributed by atoms with E-state index < -0.39 is 12.9 Å². The molecule has 0 aromatic carbocycles. The fourth-order valence-corrected chi connectivity index (χ4v) is 0.820. The standard InChI is InChI=1S/C6H11NO3/c8-4-10-6(9)7-5-2-1-3-5/h5,8H,1-4H2,(H,7,9). The van der Waals surface area contributed by atoms with Crippen LogP contribution in [0.15, 0.2) is 0 Å². The molecular weight excluding hydrogens is 134 g/mol. The normalized spacial score (nSPS) is 17.7. The molecule has 1 fully saturated rings. The highest BCUT2D eigenvalue weighted by atomic mass is 16.6. The molecular formula is C6H11NO3. The van der Waals surface area contributed by atoms with Gasteiger partial charge in [-0.05, 0) is 19.3 Å². The first-order chi connectivity index (χ1) is 4.83. The molecule has 4 nitrogen and oxygen atoms in total. The van der Waals surface area contributed by atoms with E-state index in [2.05, 4.69) is 10.1 Å². The molecule has 0 aromatic rings. The molecule has 0 spiro atoms. The molecule has 0 atom stereocenters. The van der Waals surface area contributed by atoms with Gasteiger partial charge >= 0.3 is 6.09 Å². The maximum atomic E-state index is 10.6. The largest absolute Gasteiger partial charge is 0.423 e. The predicted octanol–water partition coefficient (Wildman–Crippen LogP) is 0.215. The van der Waals surface area contributed by atoms with Gasteiger partial charge in [-0.2, -0.15) is 0 Å². The Morgan fingerprint density at radius 3 is 2.80 bits per heavy atom. The molecule has 4 heteroatoms. The number of alkyl carbamates (subject to hydrolysis) is 1. The molecule has 1 amide bonds. The smallest absolute Gasteiger partial charge is 0.409 e. The lowest BCUT2D eigenvalue weighted by Crippen LogP contribution is -2.39. The summed E-state index contributed by atoms with van der Waals surface area (Å²) in [5.74, 6) is 0. The summed E-state index contributed by atoms with van der Waals surface area (Å²) in [5.41, 5.74) is 0. The van der Waals surface area contributed by atoms with Gasteiger partial charge in [-0.3, -0.25) is 0 Å². The Hall–Kier alpha value is -0.770. The number of carbonyl (C=O) groups is 1. The van der Waals surface area contributed by atoms with Gasteiger partial charge in [-0.25, -0.2) is 4.79 Å². The minimum Gasteiger partial charge on any atom is -0.423 e. The van der Waals surface area contributed by atoms with Crippen LogP contribution in [0.25, 0.3) is 0 Å². The van der Waals surface area contributed by atoms with E-state index >= 15 is 0 Å². The minimum absolute atomic E-state index is 0.277. The molecule has 0 aromatic heterocycles. The summed E-state index contributed by atoms with van der Waals surface area (Å²) >= 11 is 0. The first kappa shape index (κ1) is 7.34. The number of ether oxygens (including phenoxy) is 1. The maximum absolute atomic E-state index is 10.6. The fourth-order valence-electron chi connectivity index (χ4n) is 0.820. The van der Waals surface area contributed by atoms with Crippen molar-refractivity contribution in [3.63, 3.8) is 0 Å².